The number of rotatable bonds is 9. The Kier molecular flexibility index (Phi) is 6.31. The van der Waals surface area contributed by atoms with E-state index in [1.807, 2.05) is 18.2 Å². The first kappa shape index (κ1) is 25.0. The molecule has 2 bridgehead atoms. The van der Waals surface area contributed by atoms with E-state index in [4.69, 9.17) is 4.74 Å². The van der Waals surface area contributed by atoms with E-state index < -0.39 is 35.8 Å². The minimum atomic E-state index is -1.14. The van der Waals surface area contributed by atoms with Gasteiger partial charge < -0.3 is 30.4 Å². The minimum Gasteiger partial charge on any atom is -0.496 e. The normalized spacial score (nSPS) is 27.2. The number of nitrogens with zero attached hydrogens (tertiary/aromatic N) is 1. The third-order valence-electron chi connectivity index (χ3n) is 8.22. The van der Waals surface area contributed by atoms with Gasteiger partial charge in [0.1, 0.15) is 23.6 Å². The van der Waals surface area contributed by atoms with Crippen LogP contribution in [0.15, 0.2) is 36.9 Å². The fourth-order valence-corrected chi connectivity index (χ4v) is 6.22. The van der Waals surface area contributed by atoms with Gasteiger partial charge >= 0.3 is 0 Å². The summed E-state index contributed by atoms with van der Waals surface area (Å²) in [6.45, 7) is 4.10. The Morgan fingerprint density at radius 2 is 2.14 bits per heavy atom. The van der Waals surface area contributed by atoms with E-state index >= 15 is 0 Å². The maximum Gasteiger partial charge on any atom is 0.271 e. The second kappa shape index (κ2) is 9.33. The molecule has 10 heteroatoms. The molecule has 196 valence electrons. The molecule has 1 aromatic heterocycles. The zero-order valence-corrected chi connectivity index (χ0v) is 20.8. The van der Waals surface area contributed by atoms with Crippen LogP contribution in [0, 0.1) is 11.3 Å². The molecule has 2 aromatic rings. The van der Waals surface area contributed by atoms with Crippen molar-refractivity contribution in [3.63, 3.8) is 0 Å². The number of aromatic amines is 1. The Morgan fingerprint density at radius 3 is 2.81 bits per heavy atom. The first-order valence-electron chi connectivity index (χ1n) is 12.6. The van der Waals surface area contributed by atoms with Gasteiger partial charge in [-0.15, -0.1) is 6.58 Å². The summed E-state index contributed by atoms with van der Waals surface area (Å²) in [4.78, 5) is 57.0. The number of nitrogens with one attached hydrogen (secondary N) is 3. The Balaban J connectivity index is 1.40. The molecule has 2 atom stereocenters. The molecule has 3 aliphatic heterocycles. The highest BCUT2D eigenvalue weighted by molar-refractivity contribution is 6.04. The number of ether oxygens (including phenoxy) is 1. The minimum absolute atomic E-state index is 0.107. The van der Waals surface area contributed by atoms with Gasteiger partial charge in [0.15, 0.2) is 5.78 Å². The second-order valence-corrected chi connectivity index (χ2v) is 10.5. The molecule has 1 aromatic carbocycles. The summed E-state index contributed by atoms with van der Waals surface area (Å²) >= 11 is 0. The summed E-state index contributed by atoms with van der Waals surface area (Å²) in [6.07, 6.45) is 4.09. The summed E-state index contributed by atoms with van der Waals surface area (Å²) in [7, 11) is 1.56. The molecule has 3 amide bonds. The fraction of sp³-hybridized carbons (Fsp3) is 0.481. The number of benzene rings is 1. The predicted molar refractivity (Wildman–Crippen MR) is 135 cm³/mol. The molecule has 0 radical (unpaired) electrons. The van der Waals surface area contributed by atoms with Crippen LogP contribution in [0.1, 0.15) is 42.6 Å². The van der Waals surface area contributed by atoms with Crippen molar-refractivity contribution in [1.29, 1.82) is 0 Å². The van der Waals surface area contributed by atoms with Crippen molar-refractivity contribution in [3.05, 3.63) is 42.6 Å². The summed E-state index contributed by atoms with van der Waals surface area (Å²) in [5.74, 6) is -1.29. The van der Waals surface area contributed by atoms with E-state index in [0.717, 1.165) is 17.3 Å². The van der Waals surface area contributed by atoms with E-state index in [-0.39, 0.29) is 23.7 Å². The fourth-order valence-electron chi connectivity index (χ4n) is 6.22. The third-order valence-corrected chi connectivity index (χ3v) is 8.22. The Bertz CT molecular complexity index is 1280. The molecule has 37 heavy (non-hydrogen) atoms. The highest BCUT2D eigenvalue weighted by Gasteiger charge is 2.69. The number of ketones is 1. The number of piperidine rings is 1. The van der Waals surface area contributed by atoms with Gasteiger partial charge in [-0.1, -0.05) is 12.1 Å². The highest BCUT2D eigenvalue weighted by atomic mass is 16.5. The predicted octanol–water partition coefficient (Wildman–Crippen LogP) is 1.30. The third kappa shape index (κ3) is 4.09. The van der Waals surface area contributed by atoms with Gasteiger partial charge in [0.05, 0.1) is 13.2 Å². The van der Waals surface area contributed by atoms with E-state index in [0.29, 0.717) is 43.8 Å². The number of methoxy groups -OCH3 is 1. The molecule has 1 saturated carbocycles. The average Bonchev–Trinajstić information content (AvgIpc) is 3.57. The molecule has 4 heterocycles. The molecular weight excluding hydrogens is 476 g/mol. The average molecular weight is 509 g/mol. The Hall–Kier alpha value is -3.66. The lowest BCUT2D eigenvalue weighted by Gasteiger charge is -2.45. The van der Waals surface area contributed by atoms with Crippen LogP contribution < -0.4 is 15.4 Å². The number of aromatic nitrogens is 1. The number of fused-ring (bicyclic) bond motifs is 2. The van der Waals surface area contributed by atoms with Gasteiger partial charge in [-0.2, -0.15) is 0 Å². The lowest BCUT2D eigenvalue weighted by atomic mass is 9.61. The van der Waals surface area contributed by atoms with Crippen LogP contribution in [-0.2, 0) is 14.4 Å². The lowest BCUT2D eigenvalue weighted by Crippen LogP contribution is -2.63. The largest absolute Gasteiger partial charge is 0.496 e. The number of carbonyl (C=O) groups excluding carboxylic acids is 4. The molecule has 4 fully saturated rings. The first-order valence-corrected chi connectivity index (χ1v) is 12.6. The molecule has 1 aliphatic carbocycles. The lowest BCUT2D eigenvalue weighted by molar-refractivity contribution is -0.139. The van der Waals surface area contributed by atoms with E-state index in [2.05, 4.69) is 22.2 Å². The number of aliphatic hydroxyl groups excluding tert-OH is 1. The molecule has 3 saturated heterocycles. The molecule has 0 spiro atoms. The SMILES string of the molecule is C=CC12CN(C(=O)c3cc4c(OC)cccc4[nH]3)C(C(=O)NC(CC3CCCNC3=O)C(=O)CO)(C1)C2. The van der Waals surface area contributed by atoms with Crippen molar-refractivity contribution < 1.29 is 29.0 Å². The summed E-state index contributed by atoms with van der Waals surface area (Å²) in [5.41, 5.74) is -0.447. The van der Waals surface area contributed by atoms with E-state index in [1.54, 1.807) is 24.2 Å². The summed E-state index contributed by atoms with van der Waals surface area (Å²) in [6, 6.07) is 6.18. The smallest absolute Gasteiger partial charge is 0.271 e. The van der Waals surface area contributed by atoms with Gasteiger partial charge in [-0.3, -0.25) is 19.2 Å². The number of aliphatic hydroxyl groups is 1. The van der Waals surface area contributed by atoms with Gasteiger partial charge in [0.25, 0.3) is 5.91 Å². The van der Waals surface area contributed by atoms with Crippen LogP contribution in [-0.4, -0.2) is 76.9 Å². The number of hydrogen-bond donors (Lipinski definition) is 4. The topological polar surface area (TPSA) is 141 Å². The molecule has 6 rings (SSSR count). The first-order chi connectivity index (χ1) is 17.8. The van der Waals surface area contributed by atoms with Gasteiger partial charge in [-0.25, -0.2) is 0 Å². The molecule has 10 nitrogen and oxygen atoms in total. The van der Waals surface area contributed by atoms with Gasteiger partial charge in [0, 0.05) is 35.3 Å². The standard InChI is InChI=1S/C27H32N4O6/c1-3-26-13-27(14-26,25(36)30-19(21(33)12-32)10-16-6-5-9-28-23(16)34)31(15-26)24(35)20-11-17-18(29-20)7-4-8-22(17)37-2/h3-4,7-8,11,16,19,29,32H,1,5-6,9-10,12-15H2,2H3,(H,28,34)(H,30,36). The van der Waals surface area contributed by atoms with Crippen LogP contribution >= 0.6 is 0 Å². The number of hydrogen-bond acceptors (Lipinski definition) is 6. The Morgan fingerprint density at radius 1 is 1.35 bits per heavy atom. The molecular formula is C27H32N4O6. The summed E-state index contributed by atoms with van der Waals surface area (Å²) < 4.78 is 5.41. The maximum atomic E-state index is 13.7. The zero-order chi connectivity index (χ0) is 26.4. The van der Waals surface area contributed by atoms with Crippen LogP contribution in [0.4, 0.5) is 0 Å². The van der Waals surface area contributed by atoms with Crippen LogP contribution in [0.3, 0.4) is 0 Å². The van der Waals surface area contributed by atoms with Gasteiger partial charge in [-0.05, 0) is 50.3 Å². The van der Waals surface area contributed by atoms with Crippen molar-refractivity contribution >= 4 is 34.4 Å². The maximum absolute atomic E-state index is 13.7. The highest BCUT2D eigenvalue weighted by Crippen LogP contribution is 2.60. The van der Waals surface area contributed by atoms with Crippen LogP contribution in [0.2, 0.25) is 0 Å². The number of Topliss-reactive ketones (excluding diaryl/α,β-unsaturated/α-hetero) is 1. The van der Waals surface area contributed by atoms with Crippen molar-refractivity contribution in [2.45, 2.75) is 43.7 Å². The zero-order valence-electron chi connectivity index (χ0n) is 20.8. The Labute approximate surface area is 214 Å². The second-order valence-electron chi connectivity index (χ2n) is 10.5. The monoisotopic (exact) mass is 508 g/mol. The van der Waals surface area contributed by atoms with Crippen molar-refractivity contribution in [3.8, 4) is 5.75 Å². The number of amides is 3. The van der Waals surface area contributed by atoms with Crippen molar-refractivity contribution in [1.82, 2.24) is 20.5 Å². The van der Waals surface area contributed by atoms with E-state index in [1.165, 1.54) is 0 Å². The van der Waals surface area contributed by atoms with Crippen molar-refractivity contribution in [2.75, 3.05) is 26.8 Å². The van der Waals surface area contributed by atoms with Gasteiger partial charge in [0.2, 0.25) is 11.8 Å². The van der Waals surface area contributed by atoms with Crippen LogP contribution in [0.25, 0.3) is 10.9 Å². The molecule has 4 aliphatic rings. The number of H-pyrrole nitrogens is 1. The molecule has 4 N–H and O–H groups in total. The molecule has 2 unspecified atom stereocenters. The number of carbonyl (C=O) groups is 4. The van der Waals surface area contributed by atoms with Crippen LogP contribution in [0.5, 0.6) is 5.75 Å². The quantitative estimate of drug-likeness (QED) is 0.377. The van der Waals surface area contributed by atoms with E-state index in [9.17, 15) is 24.3 Å². The van der Waals surface area contributed by atoms with Crippen molar-refractivity contribution in [2.24, 2.45) is 11.3 Å². The summed E-state index contributed by atoms with van der Waals surface area (Å²) in [5, 5.41) is 15.9.